The number of H-pyrrole nitrogens is 1. The number of ether oxygens (including phenoxy) is 1. The molecule has 5 heteroatoms. The minimum atomic E-state index is -1.50. The second-order valence-corrected chi connectivity index (χ2v) is 2.11. The predicted octanol–water partition coefficient (Wildman–Crippen LogP) is -0.876. The summed E-state index contributed by atoms with van der Waals surface area (Å²) >= 11 is 0. The average Bonchev–Trinajstić information content (AvgIpc) is 2.37. The molecule has 0 saturated heterocycles. The van der Waals surface area contributed by atoms with E-state index >= 15 is 0 Å². The van der Waals surface area contributed by atoms with Crippen LogP contribution >= 0.6 is 0 Å². The molecule has 1 aromatic heterocycles. The van der Waals surface area contributed by atoms with Gasteiger partial charge in [-0.1, -0.05) is 0 Å². The lowest BCUT2D eigenvalue weighted by molar-refractivity contribution is -0.676. The number of aryl methyl sites for hydroxylation is 2. The zero-order valence-electron chi connectivity index (χ0n) is 7.33. The molecule has 0 aliphatic rings. The molecule has 0 spiro atoms. The van der Waals surface area contributed by atoms with E-state index in [1.54, 1.807) is 0 Å². The highest BCUT2D eigenvalue weighted by molar-refractivity contribution is 5.53. The molecule has 12 heavy (non-hydrogen) atoms. The van der Waals surface area contributed by atoms with Crippen LogP contribution in [0.25, 0.3) is 0 Å². The van der Waals surface area contributed by atoms with E-state index in [1.807, 2.05) is 30.9 Å². The molecule has 1 heterocycles. The van der Waals surface area contributed by atoms with Crippen LogP contribution in [0, 0.1) is 6.92 Å². The maximum absolute atomic E-state index is 9.03. The van der Waals surface area contributed by atoms with Gasteiger partial charge < -0.3 is 14.6 Å². The molecule has 0 aliphatic carbocycles. The van der Waals surface area contributed by atoms with Gasteiger partial charge in [-0.3, -0.25) is 0 Å². The number of carbonyl (C=O) groups is 1. The zero-order valence-corrected chi connectivity index (χ0v) is 7.33. The minimum absolute atomic E-state index is 1.04. The first-order valence-corrected chi connectivity index (χ1v) is 3.32. The van der Waals surface area contributed by atoms with Crippen molar-refractivity contribution < 1.29 is 19.2 Å². The molecule has 5 nitrogen and oxygen atoms in total. The zero-order chi connectivity index (χ0) is 9.56. The van der Waals surface area contributed by atoms with Gasteiger partial charge in [0.05, 0.1) is 7.05 Å². The molecular formula is C7H12N2O3. The number of methoxy groups -OCH3 is 1. The summed E-state index contributed by atoms with van der Waals surface area (Å²) in [6.45, 7) is 2.03. The number of nitrogens with zero attached hydrogens (tertiary/aromatic N) is 1. The first kappa shape index (κ1) is 10.5. The Balaban J connectivity index is 0.000000217. The summed E-state index contributed by atoms with van der Waals surface area (Å²) in [6, 6.07) is 0. The summed E-state index contributed by atoms with van der Waals surface area (Å²) in [5.74, 6) is 1.18. The molecule has 1 N–H and O–H groups in total. The number of hydrogen-bond donors (Lipinski definition) is 1. The van der Waals surface area contributed by atoms with Crippen molar-refractivity contribution >= 4 is 6.16 Å². The van der Waals surface area contributed by atoms with E-state index in [0.29, 0.717) is 0 Å². The Kier molecular flexibility index (Phi) is 4.52. The van der Waals surface area contributed by atoms with E-state index in [9.17, 15) is 0 Å². The molecule has 0 saturated carbocycles. The van der Waals surface area contributed by atoms with Crippen molar-refractivity contribution in [1.29, 1.82) is 0 Å². The van der Waals surface area contributed by atoms with Gasteiger partial charge in [0.2, 0.25) is 0 Å². The monoisotopic (exact) mass is 172 g/mol. The Morgan fingerprint density at radius 3 is 2.33 bits per heavy atom. The van der Waals surface area contributed by atoms with Crippen LogP contribution in [0.5, 0.6) is 0 Å². The second kappa shape index (κ2) is 5.17. The predicted molar refractivity (Wildman–Crippen MR) is 39.1 cm³/mol. The lowest BCUT2D eigenvalue weighted by Gasteiger charge is -1.92. The standard InChI is InChI=1S/C5H8N2.C2H4O3/c1-5-6-3-4-7(5)2;1-5-2(3)4/h3-4H,1-2H3;1H3,(H,3,4). The van der Waals surface area contributed by atoms with Crippen LogP contribution in [-0.4, -0.2) is 18.2 Å². The molecular weight excluding hydrogens is 160 g/mol. The van der Waals surface area contributed by atoms with Crippen molar-refractivity contribution in [3.63, 3.8) is 0 Å². The van der Waals surface area contributed by atoms with Crippen molar-refractivity contribution in [3.8, 4) is 0 Å². The Bertz CT molecular complexity index is 228. The van der Waals surface area contributed by atoms with Crippen LogP contribution in [-0.2, 0) is 11.8 Å². The summed E-state index contributed by atoms with van der Waals surface area (Å²) in [5.41, 5.74) is 0. The van der Waals surface area contributed by atoms with Gasteiger partial charge in [0.25, 0.3) is 12.0 Å². The number of rotatable bonds is 0. The molecule has 1 rings (SSSR count). The highest BCUT2D eigenvalue weighted by atomic mass is 16.6. The number of carbonyl (C=O) groups excluding carboxylic acids is 1. The molecule has 68 valence electrons. The van der Waals surface area contributed by atoms with Crippen molar-refractivity contribution in [2.75, 3.05) is 7.11 Å². The molecule has 0 fully saturated rings. The third kappa shape index (κ3) is 4.32. The van der Waals surface area contributed by atoms with Gasteiger partial charge in [-0.15, -0.1) is 0 Å². The summed E-state index contributed by atoms with van der Waals surface area (Å²) in [6.07, 6.45) is 2.40. The highest BCUT2D eigenvalue weighted by Gasteiger charge is 1.93. The lowest BCUT2D eigenvalue weighted by Crippen LogP contribution is -2.27. The summed E-state index contributed by atoms with van der Waals surface area (Å²) in [5, 5.41) is 9.03. The summed E-state index contributed by atoms with van der Waals surface area (Å²) < 4.78 is 5.58. The molecule has 0 radical (unpaired) electrons. The van der Waals surface area contributed by atoms with Gasteiger partial charge in [-0.2, -0.15) is 0 Å². The van der Waals surface area contributed by atoms with Crippen LogP contribution in [0.15, 0.2) is 12.4 Å². The SMILES string of the molecule is COC(=O)[O-].Cc1[nH]cc[n+]1C. The number of aromatic nitrogens is 2. The van der Waals surface area contributed by atoms with Crippen LogP contribution in [0.2, 0.25) is 0 Å². The Morgan fingerprint density at radius 2 is 2.25 bits per heavy atom. The second-order valence-electron chi connectivity index (χ2n) is 2.11. The fraction of sp³-hybridized carbons (Fsp3) is 0.429. The van der Waals surface area contributed by atoms with Crippen molar-refractivity contribution in [1.82, 2.24) is 4.98 Å². The molecule has 0 amide bonds. The van der Waals surface area contributed by atoms with Crippen molar-refractivity contribution in [2.24, 2.45) is 7.05 Å². The molecule has 0 atom stereocenters. The van der Waals surface area contributed by atoms with Crippen LogP contribution in [0.1, 0.15) is 5.82 Å². The fourth-order valence-corrected chi connectivity index (χ4v) is 0.483. The van der Waals surface area contributed by atoms with E-state index in [1.165, 1.54) is 5.82 Å². The van der Waals surface area contributed by atoms with Gasteiger partial charge in [0.1, 0.15) is 12.4 Å². The van der Waals surface area contributed by atoms with E-state index in [2.05, 4.69) is 9.72 Å². The topological polar surface area (TPSA) is 69.0 Å². The maximum atomic E-state index is 9.03. The molecule has 0 aliphatic heterocycles. The first-order valence-electron chi connectivity index (χ1n) is 3.32. The van der Waals surface area contributed by atoms with E-state index in [4.69, 9.17) is 9.90 Å². The molecule has 0 aromatic carbocycles. The van der Waals surface area contributed by atoms with Crippen LogP contribution in [0.3, 0.4) is 0 Å². The average molecular weight is 172 g/mol. The first-order chi connectivity index (χ1) is 5.57. The summed E-state index contributed by atoms with van der Waals surface area (Å²) in [4.78, 5) is 12.1. The third-order valence-corrected chi connectivity index (χ3v) is 1.29. The molecule has 0 bridgehead atoms. The smallest absolute Gasteiger partial charge is 0.251 e. The van der Waals surface area contributed by atoms with E-state index in [-0.39, 0.29) is 0 Å². The van der Waals surface area contributed by atoms with Crippen LogP contribution < -0.4 is 9.67 Å². The number of carboxylic acid groups (broad SMARTS) is 1. The minimum Gasteiger partial charge on any atom is -0.553 e. The van der Waals surface area contributed by atoms with Crippen molar-refractivity contribution in [2.45, 2.75) is 6.92 Å². The normalized spacial score (nSPS) is 8.25. The van der Waals surface area contributed by atoms with Gasteiger partial charge in [-0.05, 0) is 0 Å². The van der Waals surface area contributed by atoms with Gasteiger partial charge in [-0.25, -0.2) is 9.55 Å². The number of hydrogen-bond acceptors (Lipinski definition) is 3. The van der Waals surface area contributed by atoms with Gasteiger partial charge in [0, 0.05) is 14.0 Å². The van der Waals surface area contributed by atoms with Gasteiger partial charge >= 0.3 is 0 Å². The summed E-state index contributed by atoms with van der Waals surface area (Å²) in [7, 11) is 3.04. The molecule has 1 aromatic rings. The Hall–Kier alpha value is -1.52. The van der Waals surface area contributed by atoms with E-state index < -0.39 is 6.16 Å². The van der Waals surface area contributed by atoms with Crippen LogP contribution in [0.4, 0.5) is 4.79 Å². The largest absolute Gasteiger partial charge is 0.553 e. The highest BCUT2D eigenvalue weighted by Crippen LogP contribution is 1.75. The van der Waals surface area contributed by atoms with E-state index in [0.717, 1.165) is 7.11 Å². The third-order valence-electron chi connectivity index (χ3n) is 1.29. The quantitative estimate of drug-likeness (QED) is 0.408. The van der Waals surface area contributed by atoms with Crippen molar-refractivity contribution in [3.05, 3.63) is 18.2 Å². The Morgan fingerprint density at radius 1 is 1.75 bits per heavy atom. The lowest BCUT2D eigenvalue weighted by atomic mass is 10.7. The fourth-order valence-electron chi connectivity index (χ4n) is 0.483. The molecule has 0 unspecified atom stereocenters. The Labute approximate surface area is 70.6 Å². The maximum Gasteiger partial charge on any atom is 0.251 e. The number of aromatic amines is 1. The number of imidazole rings is 1. The van der Waals surface area contributed by atoms with Gasteiger partial charge in [0.15, 0.2) is 0 Å². The number of nitrogens with one attached hydrogen (secondary N) is 1.